The van der Waals surface area contributed by atoms with E-state index in [1.807, 2.05) is 0 Å². The van der Waals surface area contributed by atoms with Gasteiger partial charge in [0.05, 0.1) is 5.92 Å². The highest BCUT2D eigenvalue weighted by Gasteiger charge is 2.29. The molecule has 1 aliphatic rings. The van der Waals surface area contributed by atoms with Crippen LogP contribution < -0.4 is 0 Å². The van der Waals surface area contributed by atoms with Gasteiger partial charge in [-0.05, 0) is 31.3 Å². The first-order valence-corrected chi connectivity index (χ1v) is 6.94. The van der Waals surface area contributed by atoms with Crippen molar-refractivity contribution in [3.8, 4) is 0 Å². The molecule has 2 aromatic heterocycles. The Labute approximate surface area is 113 Å². The normalized spacial score (nSPS) is 19.6. The number of amides is 1. The summed E-state index contributed by atoms with van der Waals surface area (Å²) in [6.07, 6.45) is 1.89. The Hall–Kier alpha value is -1.83. The molecular weight excluding hydrogens is 266 g/mol. The van der Waals surface area contributed by atoms with Crippen LogP contribution >= 0.6 is 11.5 Å². The Morgan fingerprint density at radius 1 is 1.58 bits per heavy atom. The number of piperidine rings is 1. The maximum atomic E-state index is 12.2. The number of rotatable bonds is 2. The molecule has 0 N–H and O–H groups in total. The van der Waals surface area contributed by atoms with Gasteiger partial charge in [-0.25, -0.2) is 0 Å². The summed E-state index contributed by atoms with van der Waals surface area (Å²) in [5, 5.41) is 9.29. The molecule has 1 saturated heterocycles. The third-order valence-electron chi connectivity index (χ3n) is 3.18. The third-order valence-corrected chi connectivity index (χ3v) is 3.68. The smallest absolute Gasteiger partial charge is 0.275 e. The van der Waals surface area contributed by atoms with E-state index in [0.717, 1.165) is 19.4 Å². The number of hydrogen-bond donors (Lipinski definition) is 0. The van der Waals surface area contributed by atoms with E-state index in [4.69, 9.17) is 4.52 Å². The van der Waals surface area contributed by atoms with Crippen LogP contribution in [0.4, 0.5) is 0 Å². The molecule has 8 heteroatoms. The van der Waals surface area contributed by atoms with Crippen LogP contribution in [0.5, 0.6) is 0 Å². The highest BCUT2D eigenvalue weighted by atomic mass is 32.1. The standard InChI is InChI=1S/C11H13N5O2S/c1-7-12-10(18-14-7)8-3-2-4-16(5-8)11(17)9-6-19-15-13-9/h6,8H,2-5H2,1H3. The summed E-state index contributed by atoms with van der Waals surface area (Å²) in [6, 6.07) is 0. The molecule has 1 atom stereocenters. The van der Waals surface area contributed by atoms with Gasteiger partial charge in [0.1, 0.15) is 0 Å². The van der Waals surface area contributed by atoms with E-state index in [1.54, 1.807) is 17.2 Å². The fourth-order valence-electron chi connectivity index (χ4n) is 2.26. The van der Waals surface area contributed by atoms with Gasteiger partial charge in [-0.1, -0.05) is 9.64 Å². The molecule has 19 heavy (non-hydrogen) atoms. The van der Waals surface area contributed by atoms with Crippen LogP contribution in [0.3, 0.4) is 0 Å². The predicted molar refractivity (Wildman–Crippen MR) is 66.8 cm³/mol. The molecule has 0 bridgehead atoms. The summed E-state index contributed by atoms with van der Waals surface area (Å²) >= 11 is 1.18. The number of likely N-dealkylation sites (tertiary alicyclic amines) is 1. The fourth-order valence-corrected chi connectivity index (χ4v) is 2.69. The van der Waals surface area contributed by atoms with E-state index >= 15 is 0 Å². The molecule has 1 amide bonds. The predicted octanol–water partition coefficient (Wildman–Crippen LogP) is 1.25. The van der Waals surface area contributed by atoms with E-state index in [0.29, 0.717) is 24.0 Å². The molecule has 0 spiro atoms. The van der Waals surface area contributed by atoms with Crippen LogP contribution in [0, 0.1) is 6.92 Å². The summed E-state index contributed by atoms with van der Waals surface area (Å²) in [6.45, 7) is 3.12. The van der Waals surface area contributed by atoms with Gasteiger partial charge in [-0.2, -0.15) is 4.98 Å². The molecule has 3 rings (SSSR count). The van der Waals surface area contributed by atoms with Crippen molar-refractivity contribution in [3.05, 3.63) is 22.8 Å². The minimum atomic E-state index is -0.0744. The maximum absolute atomic E-state index is 12.2. The van der Waals surface area contributed by atoms with Crippen molar-refractivity contribution < 1.29 is 9.32 Å². The van der Waals surface area contributed by atoms with Gasteiger partial charge in [0, 0.05) is 18.5 Å². The zero-order chi connectivity index (χ0) is 13.2. The number of hydrogen-bond acceptors (Lipinski definition) is 7. The van der Waals surface area contributed by atoms with Gasteiger partial charge in [0.25, 0.3) is 5.91 Å². The van der Waals surface area contributed by atoms with Gasteiger partial charge in [0.2, 0.25) is 5.89 Å². The summed E-state index contributed by atoms with van der Waals surface area (Å²) < 4.78 is 8.92. The maximum Gasteiger partial charge on any atom is 0.275 e. The van der Waals surface area contributed by atoms with E-state index in [2.05, 4.69) is 19.7 Å². The summed E-state index contributed by atoms with van der Waals surface area (Å²) in [5.74, 6) is 1.29. The molecule has 0 saturated carbocycles. The first-order chi connectivity index (χ1) is 9.24. The van der Waals surface area contributed by atoms with Crippen LogP contribution in [0.25, 0.3) is 0 Å². The average Bonchev–Trinajstić information content (AvgIpc) is 3.09. The minimum Gasteiger partial charge on any atom is -0.339 e. The second-order valence-electron chi connectivity index (χ2n) is 4.56. The molecule has 1 unspecified atom stereocenters. The molecule has 1 fully saturated rings. The minimum absolute atomic E-state index is 0.0744. The van der Waals surface area contributed by atoms with Crippen molar-refractivity contribution >= 4 is 17.4 Å². The van der Waals surface area contributed by atoms with Crippen molar-refractivity contribution in [2.24, 2.45) is 0 Å². The van der Waals surface area contributed by atoms with Gasteiger partial charge < -0.3 is 9.42 Å². The molecule has 7 nitrogen and oxygen atoms in total. The quantitative estimate of drug-likeness (QED) is 0.822. The molecule has 2 aromatic rings. The molecule has 3 heterocycles. The van der Waals surface area contributed by atoms with Crippen LogP contribution in [-0.2, 0) is 0 Å². The van der Waals surface area contributed by atoms with Crippen molar-refractivity contribution in [2.75, 3.05) is 13.1 Å². The summed E-state index contributed by atoms with van der Waals surface area (Å²) in [4.78, 5) is 18.2. The number of aromatic nitrogens is 4. The van der Waals surface area contributed by atoms with Gasteiger partial charge in [0.15, 0.2) is 11.5 Å². The first-order valence-electron chi connectivity index (χ1n) is 6.10. The van der Waals surface area contributed by atoms with Crippen molar-refractivity contribution in [1.29, 1.82) is 0 Å². The Morgan fingerprint density at radius 3 is 3.16 bits per heavy atom. The lowest BCUT2D eigenvalue weighted by Crippen LogP contribution is -2.39. The first kappa shape index (κ1) is 12.2. The Morgan fingerprint density at radius 2 is 2.47 bits per heavy atom. The molecule has 1 aliphatic heterocycles. The number of aryl methyl sites for hydroxylation is 1. The van der Waals surface area contributed by atoms with Crippen LogP contribution in [0.2, 0.25) is 0 Å². The molecule has 0 aromatic carbocycles. The van der Waals surface area contributed by atoms with Crippen LogP contribution in [-0.4, -0.2) is 43.6 Å². The number of carbonyl (C=O) groups is 1. The lowest BCUT2D eigenvalue weighted by molar-refractivity contribution is 0.0689. The largest absolute Gasteiger partial charge is 0.339 e. The highest BCUT2D eigenvalue weighted by molar-refractivity contribution is 7.03. The van der Waals surface area contributed by atoms with Crippen molar-refractivity contribution in [2.45, 2.75) is 25.7 Å². The van der Waals surface area contributed by atoms with E-state index < -0.39 is 0 Å². The lowest BCUT2D eigenvalue weighted by Gasteiger charge is -2.30. The van der Waals surface area contributed by atoms with Crippen molar-refractivity contribution in [3.63, 3.8) is 0 Å². The highest BCUT2D eigenvalue weighted by Crippen LogP contribution is 2.26. The molecule has 0 radical (unpaired) electrons. The Balaban J connectivity index is 1.73. The van der Waals surface area contributed by atoms with E-state index in [1.165, 1.54) is 11.5 Å². The summed E-state index contributed by atoms with van der Waals surface area (Å²) in [5.41, 5.74) is 0.410. The van der Waals surface area contributed by atoms with Gasteiger partial charge in [-0.3, -0.25) is 4.79 Å². The Bertz CT molecular complexity index is 567. The zero-order valence-electron chi connectivity index (χ0n) is 10.4. The third kappa shape index (κ3) is 2.48. The monoisotopic (exact) mass is 279 g/mol. The van der Waals surface area contributed by atoms with E-state index in [9.17, 15) is 4.79 Å². The fraction of sp³-hybridized carbons (Fsp3) is 0.545. The van der Waals surface area contributed by atoms with Gasteiger partial charge in [-0.15, -0.1) is 5.10 Å². The number of carbonyl (C=O) groups excluding carboxylic acids is 1. The molecule has 100 valence electrons. The Kier molecular flexibility index (Phi) is 3.24. The lowest BCUT2D eigenvalue weighted by atomic mass is 9.98. The second-order valence-corrected chi connectivity index (χ2v) is 5.17. The second kappa shape index (κ2) is 5.04. The summed E-state index contributed by atoms with van der Waals surface area (Å²) in [7, 11) is 0. The van der Waals surface area contributed by atoms with E-state index in [-0.39, 0.29) is 11.8 Å². The SMILES string of the molecule is Cc1noc(C2CCCN(C(=O)c3csnn3)C2)n1. The van der Waals surface area contributed by atoms with Crippen LogP contribution in [0.15, 0.2) is 9.90 Å². The van der Waals surface area contributed by atoms with Crippen molar-refractivity contribution in [1.82, 2.24) is 24.6 Å². The van der Waals surface area contributed by atoms with Crippen LogP contribution in [0.1, 0.15) is 41.0 Å². The zero-order valence-corrected chi connectivity index (χ0v) is 11.3. The molecular formula is C11H13N5O2S. The molecule has 0 aliphatic carbocycles. The topological polar surface area (TPSA) is 85.0 Å². The average molecular weight is 279 g/mol. The van der Waals surface area contributed by atoms with Gasteiger partial charge >= 0.3 is 0 Å². The number of nitrogens with zero attached hydrogens (tertiary/aromatic N) is 5.